The van der Waals surface area contributed by atoms with Crippen molar-refractivity contribution in [1.29, 1.82) is 0 Å². The van der Waals surface area contributed by atoms with Gasteiger partial charge in [0.25, 0.3) is 0 Å². The molecule has 1 saturated heterocycles. The molecule has 1 aromatic rings. The second kappa shape index (κ2) is 9.87. The van der Waals surface area contributed by atoms with E-state index in [2.05, 4.69) is 17.1 Å². The van der Waals surface area contributed by atoms with Crippen molar-refractivity contribution in [1.82, 2.24) is 10.2 Å². The molecule has 0 radical (unpaired) electrons. The molecule has 1 aliphatic heterocycles. The number of hydrogen-bond acceptors (Lipinski definition) is 4. The molecule has 1 unspecified atom stereocenters. The van der Waals surface area contributed by atoms with E-state index in [1.54, 1.807) is 0 Å². The lowest BCUT2D eigenvalue weighted by atomic mass is 10.3. The quantitative estimate of drug-likeness (QED) is 0.799. The van der Waals surface area contributed by atoms with Gasteiger partial charge in [-0.1, -0.05) is 6.92 Å². The molecule has 2 rings (SSSR count). The highest BCUT2D eigenvalue weighted by atomic mass is 35.5. The lowest BCUT2D eigenvalue weighted by Crippen LogP contribution is -2.31. The third-order valence-electron chi connectivity index (χ3n) is 3.65. The zero-order chi connectivity index (χ0) is 14.2. The van der Waals surface area contributed by atoms with Crippen LogP contribution in [0.3, 0.4) is 0 Å². The van der Waals surface area contributed by atoms with Gasteiger partial charge in [0.15, 0.2) is 0 Å². The molecule has 0 amide bonds. The Kier molecular flexibility index (Phi) is 8.50. The summed E-state index contributed by atoms with van der Waals surface area (Å²) in [6.07, 6.45) is 2.27. The number of halogens is 1. The molecular weight excluding hydrogens is 288 g/mol. The average Bonchev–Trinajstić information content (AvgIpc) is 2.94. The van der Waals surface area contributed by atoms with Gasteiger partial charge < -0.3 is 14.8 Å². The number of benzene rings is 1. The summed E-state index contributed by atoms with van der Waals surface area (Å²) >= 11 is 0. The molecule has 21 heavy (non-hydrogen) atoms. The van der Waals surface area contributed by atoms with Crippen molar-refractivity contribution >= 4 is 12.4 Å². The molecule has 1 heterocycles. The summed E-state index contributed by atoms with van der Waals surface area (Å²) in [5, 5.41) is 3.33. The summed E-state index contributed by atoms with van der Waals surface area (Å²) in [7, 11) is 2.03. The van der Waals surface area contributed by atoms with E-state index in [9.17, 15) is 0 Å². The zero-order valence-corrected chi connectivity index (χ0v) is 13.8. The molecule has 0 bridgehead atoms. The Morgan fingerprint density at radius 1 is 1.14 bits per heavy atom. The van der Waals surface area contributed by atoms with Crippen LogP contribution in [0, 0.1) is 0 Å². The largest absolute Gasteiger partial charge is 0.494 e. The third kappa shape index (κ3) is 6.12. The zero-order valence-electron chi connectivity index (χ0n) is 13.0. The Morgan fingerprint density at radius 3 is 2.29 bits per heavy atom. The maximum absolute atomic E-state index is 5.78. The van der Waals surface area contributed by atoms with Gasteiger partial charge in [0.2, 0.25) is 0 Å². The van der Waals surface area contributed by atoms with Gasteiger partial charge in [0, 0.05) is 19.1 Å². The van der Waals surface area contributed by atoms with Gasteiger partial charge >= 0.3 is 0 Å². The monoisotopic (exact) mass is 314 g/mol. The third-order valence-corrected chi connectivity index (χ3v) is 3.65. The van der Waals surface area contributed by atoms with E-state index in [1.807, 2.05) is 31.3 Å². The van der Waals surface area contributed by atoms with Crippen LogP contribution >= 0.6 is 12.4 Å². The molecule has 0 aliphatic carbocycles. The molecule has 1 atom stereocenters. The first-order valence-electron chi connectivity index (χ1n) is 7.57. The number of rotatable bonds is 8. The van der Waals surface area contributed by atoms with Crippen LogP contribution in [0.5, 0.6) is 11.5 Å². The van der Waals surface area contributed by atoms with Crippen LogP contribution in [0.4, 0.5) is 0 Å². The molecule has 4 nitrogen and oxygen atoms in total. The predicted molar refractivity (Wildman–Crippen MR) is 88.9 cm³/mol. The van der Waals surface area contributed by atoms with Gasteiger partial charge in [-0.05, 0) is 50.7 Å². The van der Waals surface area contributed by atoms with Crippen molar-refractivity contribution in [2.45, 2.75) is 25.8 Å². The molecule has 1 aliphatic rings. The fraction of sp³-hybridized carbons (Fsp3) is 0.625. The molecule has 0 saturated carbocycles. The van der Waals surface area contributed by atoms with Crippen LogP contribution in [-0.4, -0.2) is 50.8 Å². The lowest BCUT2D eigenvalue weighted by Gasteiger charge is -2.16. The summed E-state index contributed by atoms with van der Waals surface area (Å²) in [5.74, 6) is 1.83. The molecule has 0 spiro atoms. The number of nitrogens with zero attached hydrogens (tertiary/aromatic N) is 1. The number of hydrogen-bond donors (Lipinski definition) is 1. The van der Waals surface area contributed by atoms with E-state index in [4.69, 9.17) is 9.47 Å². The van der Waals surface area contributed by atoms with E-state index < -0.39 is 0 Å². The molecule has 1 N–H and O–H groups in total. The van der Waals surface area contributed by atoms with Crippen molar-refractivity contribution in [2.24, 2.45) is 0 Å². The summed E-state index contributed by atoms with van der Waals surface area (Å²) in [5.41, 5.74) is 0. The van der Waals surface area contributed by atoms with Gasteiger partial charge in [-0.25, -0.2) is 0 Å². The van der Waals surface area contributed by atoms with Crippen molar-refractivity contribution in [3.05, 3.63) is 24.3 Å². The summed E-state index contributed by atoms with van der Waals surface area (Å²) in [6, 6.07) is 8.54. The Morgan fingerprint density at radius 2 is 1.76 bits per heavy atom. The smallest absolute Gasteiger partial charge is 0.119 e. The number of ether oxygens (including phenoxy) is 2. The topological polar surface area (TPSA) is 33.7 Å². The highest BCUT2D eigenvalue weighted by molar-refractivity contribution is 5.85. The minimum Gasteiger partial charge on any atom is -0.494 e. The Balaban J connectivity index is 0.00000220. The number of likely N-dealkylation sites (tertiary alicyclic amines) is 1. The minimum atomic E-state index is 0. The van der Waals surface area contributed by atoms with Crippen LogP contribution in [0.15, 0.2) is 24.3 Å². The second-order valence-corrected chi connectivity index (χ2v) is 5.24. The number of nitrogens with one attached hydrogen (secondary N) is 1. The summed E-state index contributed by atoms with van der Waals surface area (Å²) in [4.78, 5) is 2.44. The predicted octanol–water partition coefficient (Wildman–Crippen LogP) is 2.57. The molecule has 1 aromatic carbocycles. The van der Waals surface area contributed by atoms with Crippen LogP contribution in [0.2, 0.25) is 0 Å². The van der Waals surface area contributed by atoms with Gasteiger partial charge in [0.1, 0.15) is 18.1 Å². The van der Waals surface area contributed by atoms with Gasteiger partial charge in [-0.15, -0.1) is 12.4 Å². The maximum Gasteiger partial charge on any atom is 0.119 e. The van der Waals surface area contributed by atoms with E-state index in [1.165, 1.54) is 13.0 Å². The van der Waals surface area contributed by atoms with Crippen molar-refractivity contribution < 1.29 is 9.47 Å². The first-order chi connectivity index (χ1) is 9.81. The van der Waals surface area contributed by atoms with Crippen LogP contribution in [0.1, 0.15) is 19.8 Å². The molecular formula is C16H27ClN2O2. The molecule has 0 aromatic heterocycles. The minimum absolute atomic E-state index is 0. The summed E-state index contributed by atoms with van der Waals surface area (Å²) in [6.45, 7) is 6.90. The van der Waals surface area contributed by atoms with E-state index in [0.29, 0.717) is 6.04 Å². The van der Waals surface area contributed by atoms with Crippen LogP contribution < -0.4 is 14.8 Å². The fourth-order valence-electron chi connectivity index (χ4n) is 2.42. The highest BCUT2D eigenvalue weighted by Crippen LogP contribution is 2.18. The maximum atomic E-state index is 5.78. The van der Waals surface area contributed by atoms with Gasteiger partial charge in [0.05, 0.1) is 6.61 Å². The SMILES string of the molecule is CCCOc1ccc(OCCN2CCC(NC)C2)cc1.Cl. The average molecular weight is 315 g/mol. The van der Waals surface area contributed by atoms with E-state index >= 15 is 0 Å². The van der Waals surface area contributed by atoms with Gasteiger partial charge in [-0.3, -0.25) is 4.90 Å². The van der Waals surface area contributed by atoms with E-state index in [-0.39, 0.29) is 12.4 Å². The standard InChI is InChI=1S/C16H26N2O2.ClH/c1-3-11-19-15-4-6-16(7-5-15)20-12-10-18-9-8-14(13-18)17-2;/h4-7,14,17H,3,8-13H2,1-2H3;1H. The summed E-state index contributed by atoms with van der Waals surface area (Å²) < 4.78 is 11.3. The Labute approximate surface area is 134 Å². The Bertz CT molecular complexity index is 386. The Hall–Kier alpha value is -0.970. The van der Waals surface area contributed by atoms with Crippen LogP contribution in [0.25, 0.3) is 0 Å². The fourth-order valence-corrected chi connectivity index (χ4v) is 2.42. The van der Waals surface area contributed by atoms with Crippen LogP contribution in [-0.2, 0) is 0 Å². The van der Waals surface area contributed by atoms with Gasteiger partial charge in [-0.2, -0.15) is 0 Å². The molecule has 5 heteroatoms. The molecule has 1 fully saturated rings. The van der Waals surface area contributed by atoms with Crippen molar-refractivity contribution in [2.75, 3.05) is 39.9 Å². The number of likely N-dealkylation sites (N-methyl/N-ethyl adjacent to an activating group) is 1. The highest BCUT2D eigenvalue weighted by Gasteiger charge is 2.20. The van der Waals surface area contributed by atoms with E-state index in [0.717, 1.165) is 44.2 Å². The first kappa shape index (κ1) is 18.1. The molecule has 120 valence electrons. The second-order valence-electron chi connectivity index (χ2n) is 5.24. The van der Waals surface area contributed by atoms with Crippen molar-refractivity contribution in [3.63, 3.8) is 0 Å². The first-order valence-corrected chi connectivity index (χ1v) is 7.57. The normalized spacial score (nSPS) is 18.3. The lowest BCUT2D eigenvalue weighted by molar-refractivity contribution is 0.234. The van der Waals surface area contributed by atoms with Crippen molar-refractivity contribution in [3.8, 4) is 11.5 Å².